The van der Waals surface area contributed by atoms with Crippen molar-refractivity contribution >= 4 is 23.2 Å². The molecule has 5 heteroatoms. The summed E-state index contributed by atoms with van der Waals surface area (Å²) in [6.45, 7) is 4.98. The summed E-state index contributed by atoms with van der Waals surface area (Å²) in [5.41, 5.74) is 2.13. The Bertz CT molecular complexity index is 630. The molecule has 0 saturated heterocycles. The summed E-state index contributed by atoms with van der Waals surface area (Å²) < 4.78 is 5.81. The van der Waals surface area contributed by atoms with Crippen molar-refractivity contribution in [3.63, 3.8) is 0 Å². The molecule has 0 aliphatic carbocycles. The van der Waals surface area contributed by atoms with Gasteiger partial charge in [0.05, 0.1) is 10.0 Å². The number of aromatic nitrogens is 1. The molecular formula is C16H18Cl2N2O. The third-order valence-corrected chi connectivity index (χ3v) is 3.71. The molecule has 3 nitrogen and oxygen atoms in total. The van der Waals surface area contributed by atoms with E-state index in [0.29, 0.717) is 27.6 Å². The van der Waals surface area contributed by atoms with Gasteiger partial charge in [-0.2, -0.15) is 0 Å². The molecule has 1 heterocycles. The molecule has 0 fully saturated rings. The van der Waals surface area contributed by atoms with E-state index in [9.17, 15) is 0 Å². The largest absolute Gasteiger partial charge is 0.439 e. The highest BCUT2D eigenvalue weighted by molar-refractivity contribution is 6.42. The first-order chi connectivity index (χ1) is 9.99. The summed E-state index contributed by atoms with van der Waals surface area (Å²) >= 11 is 11.9. The molecule has 0 bridgehead atoms. The summed E-state index contributed by atoms with van der Waals surface area (Å²) in [4.78, 5) is 4.54. The normalized spacial score (nSPS) is 11.0. The van der Waals surface area contributed by atoms with E-state index >= 15 is 0 Å². The van der Waals surface area contributed by atoms with Crippen LogP contribution in [0.15, 0.2) is 30.3 Å². The van der Waals surface area contributed by atoms with Crippen LogP contribution in [0.3, 0.4) is 0 Å². The molecule has 1 aromatic heterocycles. The summed E-state index contributed by atoms with van der Waals surface area (Å²) in [6, 6.07) is 9.18. The van der Waals surface area contributed by atoms with Crippen molar-refractivity contribution < 1.29 is 4.74 Å². The standard InChI is InChI=1S/C16H18Cl2N2O/c1-10(2)15-6-11(9-19-3)7-16(20-15)21-12-4-5-13(17)14(18)8-12/h4-8,10,19H,9H2,1-3H3. The first kappa shape index (κ1) is 16.1. The van der Waals surface area contributed by atoms with E-state index < -0.39 is 0 Å². The fraction of sp³-hybridized carbons (Fsp3) is 0.312. The number of ether oxygens (including phenoxy) is 1. The third kappa shape index (κ3) is 4.34. The second-order valence-corrected chi connectivity index (χ2v) is 5.92. The predicted octanol–water partition coefficient (Wildman–Crippen LogP) is 5.02. The van der Waals surface area contributed by atoms with Crippen LogP contribution in [0.1, 0.15) is 31.0 Å². The van der Waals surface area contributed by atoms with Crippen molar-refractivity contribution in [3.05, 3.63) is 51.6 Å². The molecule has 0 radical (unpaired) electrons. The van der Waals surface area contributed by atoms with E-state index in [1.807, 2.05) is 13.1 Å². The van der Waals surface area contributed by atoms with Crippen LogP contribution < -0.4 is 10.1 Å². The van der Waals surface area contributed by atoms with Crippen molar-refractivity contribution in [2.24, 2.45) is 0 Å². The number of hydrogen-bond donors (Lipinski definition) is 1. The smallest absolute Gasteiger partial charge is 0.219 e. The lowest BCUT2D eigenvalue weighted by molar-refractivity contribution is 0.458. The van der Waals surface area contributed by atoms with Gasteiger partial charge in [0.15, 0.2) is 0 Å². The average Bonchev–Trinajstić information content (AvgIpc) is 2.43. The Labute approximate surface area is 135 Å². The molecule has 2 rings (SSSR count). The number of pyridine rings is 1. The van der Waals surface area contributed by atoms with Crippen LogP contribution >= 0.6 is 23.2 Å². The van der Waals surface area contributed by atoms with E-state index in [-0.39, 0.29) is 0 Å². The molecule has 0 aliphatic heterocycles. The van der Waals surface area contributed by atoms with E-state index in [4.69, 9.17) is 27.9 Å². The lowest BCUT2D eigenvalue weighted by Gasteiger charge is -2.12. The third-order valence-electron chi connectivity index (χ3n) is 2.97. The molecule has 0 aliphatic rings. The summed E-state index contributed by atoms with van der Waals surface area (Å²) in [5.74, 6) is 1.51. The lowest BCUT2D eigenvalue weighted by atomic mass is 10.1. The van der Waals surface area contributed by atoms with E-state index in [2.05, 4.69) is 30.2 Å². The highest BCUT2D eigenvalue weighted by Crippen LogP contribution is 2.29. The van der Waals surface area contributed by atoms with Gasteiger partial charge < -0.3 is 10.1 Å². The highest BCUT2D eigenvalue weighted by Gasteiger charge is 2.09. The Balaban J connectivity index is 2.31. The minimum Gasteiger partial charge on any atom is -0.439 e. The van der Waals surface area contributed by atoms with Crippen molar-refractivity contribution in [3.8, 4) is 11.6 Å². The van der Waals surface area contributed by atoms with E-state index in [1.54, 1.807) is 18.2 Å². The maximum absolute atomic E-state index is 6.00. The topological polar surface area (TPSA) is 34.1 Å². The molecule has 0 saturated carbocycles. The Kier molecular flexibility index (Phi) is 5.45. The number of rotatable bonds is 5. The van der Waals surface area contributed by atoms with Crippen molar-refractivity contribution in [2.45, 2.75) is 26.3 Å². The summed E-state index contributed by atoms with van der Waals surface area (Å²) in [6.07, 6.45) is 0. The lowest BCUT2D eigenvalue weighted by Crippen LogP contribution is -2.07. The van der Waals surface area contributed by atoms with Gasteiger partial charge in [0.2, 0.25) is 5.88 Å². The van der Waals surface area contributed by atoms with Gasteiger partial charge in [-0.1, -0.05) is 37.0 Å². The van der Waals surface area contributed by atoms with Gasteiger partial charge in [-0.05, 0) is 36.7 Å². The second-order valence-electron chi connectivity index (χ2n) is 5.10. The highest BCUT2D eigenvalue weighted by atomic mass is 35.5. The van der Waals surface area contributed by atoms with Gasteiger partial charge in [0.1, 0.15) is 5.75 Å². The van der Waals surface area contributed by atoms with Crippen LogP contribution in [0.25, 0.3) is 0 Å². The van der Waals surface area contributed by atoms with Gasteiger partial charge in [0, 0.05) is 24.4 Å². The molecule has 0 spiro atoms. The summed E-state index contributed by atoms with van der Waals surface area (Å²) in [7, 11) is 1.91. The van der Waals surface area contributed by atoms with Crippen LogP contribution in [-0.2, 0) is 6.54 Å². The zero-order chi connectivity index (χ0) is 15.4. The van der Waals surface area contributed by atoms with Gasteiger partial charge >= 0.3 is 0 Å². The number of nitrogens with one attached hydrogen (secondary N) is 1. The Morgan fingerprint density at radius 2 is 1.90 bits per heavy atom. The molecule has 1 N–H and O–H groups in total. The summed E-state index contributed by atoms with van der Waals surface area (Å²) in [5, 5.41) is 4.10. The van der Waals surface area contributed by atoms with E-state index in [1.165, 1.54) is 0 Å². The SMILES string of the molecule is CNCc1cc(Oc2ccc(Cl)c(Cl)c2)nc(C(C)C)c1. The molecular weight excluding hydrogens is 307 g/mol. The van der Waals surface area contributed by atoms with Gasteiger partial charge in [0.25, 0.3) is 0 Å². The first-order valence-corrected chi connectivity index (χ1v) is 7.53. The van der Waals surface area contributed by atoms with Gasteiger partial charge in [-0.25, -0.2) is 4.98 Å². The Hall–Kier alpha value is -1.29. The van der Waals surface area contributed by atoms with Crippen molar-refractivity contribution in [2.75, 3.05) is 7.05 Å². The zero-order valence-corrected chi connectivity index (χ0v) is 13.8. The maximum Gasteiger partial charge on any atom is 0.219 e. The van der Waals surface area contributed by atoms with Crippen LogP contribution in [0.4, 0.5) is 0 Å². The predicted molar refractivity (Wildman–Crippen MR) is 87.6 cm³/mol. The maximum atomic E-state index is 6.00. The number of halogens is 2. The van der Waals surface area contributed by atoms with Crippen LogP contribution in [0.2, 0.25) is 10.0 Å². The quantitative estimate of drug-likeness (QED) is 0.838. The monoisotopic (exact) mass is 324 g/mol. The number of nitrogens with zero attached hydrogens (tertiary/aromatic N) is 1. The molecule has 2 aromatic rings. The second kappa shape index (κ2) is 7.12. The molecule has 112 valence electrons. The average molecular weight is 325 g/mol. The number of hydrogen-bond acceptors (Lipinski definition) is 3. The van der Waals surface area contributed by atoms with Crippen LogP contribution in [0.5, 0.6) is 11.6 Å². The molecule has 0 atom stereocenters. The van der Waals surface area contributed by atoms with Crippen LogP contribution in [-0.4, -0.2) is 12.0 Å². The van der Waals surface area contributed by atoms with Gasteiger partial charge in [-0.15, -0.1) is 0 Å². The van der Waals surface area contributed by atoms with Crippen molar-refractivity contribution in [1.82, 2.24) is 10.3 Å². The van der Waals surface area contributed by atoms with Crippen molar-refractivity contribution in [1.29, 1.82) is 0 Å². The number of benzene rings is 1. The minimum atomic E-state index is 0.331. The van der Waals surface area contributed by atoms with Crippen LogP contribution in [0, 0.1) is 0 Å². The zero-order valence-electron chi connectivity index (χ0n) is 12.3. The fourth-order valence-electron chi connectivity index (χ4n) is 1.90. The van der Waals surface area contributed by atoms with Gasteiger partial charge in [-0.3, -0.25) is 0 Å². The van der Waals surface area contributed by atoms with E-state index in [0.717, 1.165) is 17.8 Å². The minimum absolute atomic E-state index is 0.331. The Morgan fingerprint density at radius 3 is 2.52 bits per heavy atom. The fourth-order valence-corrected chi connectivity index (χ4v) is 2.19. The molecule has 0 amide bonds. The molecule has 21 heavy (non-hydrogen) atoms. The first-order valence-electron chi connectivity index (χ1n) is 6.78. The Morgan fingerprint density at radius 1 is 1.14 bits per heavy atom. The molecule has 0 unspecified atom stereocenters. The molecule has 1 aromatic carbocycles.